The molecule has 2 saturated carbocycles. The number of rotatable bonds is 8. The van der Waals surface area contributed by atoms with Gasteiger partial charge in [0.05, 0.1) is 41.5 Å². The van der Waals surface area contributed by atoms with Crippen LogP contribution in [0.15, 0.2) is 72.9 Å². The van der Waals surface area contributed by atoms with Gasteiger partial charge in [0.25, 0.3) is 5.91 Å². The fourth-order valence-electron chi connectivity index (χ4n) is 7.09. The number of carboxylic acid groups (broad SMARTS) is 1. The summed E-state index contributed by atoms with van der Waals surface area (Å²) >= 11 is 6.52. The molecule has 2 aromatic heterocycles. The van der Waals surface area contributed by atoms with E-state index in [0.29, 0.717) is 28.5 Å². The Balaban J connectivity index is 1.06. The number of hydrogen-bond donors (Lipinski definition) is 2. The van der Waals surface area contributed by atoms with Crippen LogP contribution >= 0.6 is 11.6 Å². The van der Waals surface area contributed by atoms with Crippen molar-refractivity contribution < 1.29 is 19.4 Å². The predicted molar refractivity (Wildman–Crippen MR) is 165 cm³/mol. The lowest BCUT2D eigenvalue weighted by molar-refractivity contribution is -0.142. The normalized spacial score (nSPS) is 21.0. The summed E-state index contributed by atoms with van der Waals surface area (Å²) in [5.41, 5.74) is 5.59. The summed E-state index contributed by atoms with van der Waals surface area (Å²) in [6, 6.07) is 22.0. The Hall–Kier alpha value is -4.43. The molecule has 0 radical (unpaired) electrons. The second-order valence-corrected chi connectivity index (χ2v) is 12.5. The summed E-state index contributed by atoms with van der Waals surface area (Å²) < 4.78 is 7.07. The molecule has 0 bridgehead atoms. The van der Waals surface area contributed by atoms with E-state index < -0.39 is 5.97 Å². The van der Waals surface area contributed by atoms with Gasteiger partial charge in [0.15, 0.2) is 0 Å². The van der Waals surface area contributed by atoms with Crippen molar-refractivity contribution in [2.24, 2.45) is 11.3 Å². The molecule has 7 rings (SSSR count). The van der Waals surface area contributed by atoms with Crippen molar-refractivity contribution >= 4 is 45.3 Å². The number of carbonyl (C=O) groups excluding carboxylic acids is 1. The zero-order chi connectivity index (χ0) is 29.7. The first kappa shape index (κ1) is 27.4. The molecule has 0 atom stereocenters. The Labute approximate surface area is 253 Å². The van der Waals surface area contributed by atoms with Crippen molar-refractivity contribution in [3.8, 4) is 17.0 Å². The molecule has 1 spiro atoms. The summed E-state index contributed by atoms with van der Waals surface area (Å²) in [6.45, 7) is 0.489. The fraction of sp³-hybridized carbons (Fsp3) is 0.294. The number of carboxylic acids is 1. The van der Waals surface area contributed by atoms with Crippen molar-refractivity contribution in [3.05, 3.63) is 89.1 Å². The van der Waals surface area contributed by atoms with Gasteiger partial charge in [0, 0.05) is 29.3 Å². The van der Waals surface area contributed by atoms with Gasteiger partial charge in [-0.25, -0.2) is 4.98 Å². The minimum Gasteiger partial charge on any atom is -0.481 e. The minimum absolute atomic E-state index is 0.0980. The highest BCUT2D eigenvalue weighted by molar-refractivity contribution is 6.36. The maximum absolute atomic E-state index is 13.4. The highest BCUT2D eigenvalue weighted by Crippen LogP contribution is 2.59. The third-order valence-corrected chi connectivity index (χ3v) is 9.42. The van der Waals surface area contributed by atoms with Crippen LogP contribution in [0.4, 0.5) is 0 Å². The number of nitrogens with one attached hydrogen (secondary N) is 1. The predicted octanol–water partition coefficient (Wildman–Crippen LogP) is 6.73. The van der Waals surface area contributed by atoms with Gasteiger partial charge in [-0.05, 0) is 84.0 Å². The number of halogens is 1. The highest BCUT2D eigenvalue weighted by atomic mass is 35.5. The lowest BCUT2D eigenvalue weighted by atomic mass is 9.49. The van der Waals surface area contributed by atoms with Crippen molar-refractivity contribution in [1.82, 2.24) is 20.1 Å². The zero-order valence-electron chi connectivity index (χ0n) is 23.7. The maximum atomic E-state index is 13.4. The third kappa shape index (κ3) is 5.20. The first-order chi connectivity index (χ1) is 20.8. The molecule has 3 aromatic carbocycles. The number of methoxy groups -OCH3 is 1. The summed E-state index contributed by atoms with van der Waals surface area (Å²) in [6.07, 6.45) is 5.64. The van der Waals surface area contributed by atoms with Gasteiger partial charge in [-0.3, -0.25) is 14.3 Å². The molecule has 8 nitrogen and oxygen atoms in total. The number of ether oxygens (including phenoxy) is 1. The first-order valence-corrected chi connectivity index (χ1v) is 14.9. The molecule has 2 heterocycles. The largest absolute Gasteiger partial charge is 0.481 e. The van der Waals surface area contributed by atoms with Crippen molar-refractivity contribution in [2.75, 3.05) is 7.11 Å². The van der Waals surface area contributed by atoms with Gasteiger partial charge in [-0.15, -0.1) is 0 Å². The topological polar surface area (TPSA) is 106 Å². The van der Waals surface area contributed by atoms with E-state index >= 15 is 0 Å². The molecule has 43 heavy (non-hydrogen) atoms. The summed E-state index contributed by atoms with van der Waals surface area (Å²) in [5, 5.41) is 19.2. The van der Waals surface area contributed by atoms with Crippen molar-refractivity contribution in [2.45, 2.75) is 44.7 Å². The molecule has 218 valence electrons. The van der Waals surface area contributed by atoms with Crippen LogP contribution in [-0.4, -0.2) is 44.9 Å². The van der Waals surface area contributed by atoms with E-state index in [4.69, 9.17) is 21.4 Å². The number of amides is 1. The SMILES string of the molecule is COc1ccc2cc(-c3ccc(Cn4ncc5c(Cl)ccc(C(=O)NC6CC7(CC(CC(=O)O)C7)C6)c54)cc3)ccc2n1. The Bertz CT molecular complexity index is 1870. The lowest BCUT2D eigenvalue weighted by Crippen LogP contribution is -2.56. The van der Waals surface area contributed by atoms with Gasteiger partial charge >= 0.3 is 5.97 Å². The molecule has 2 aliphatic rings. The van der Waals surface area contributed by atoms with Gasteiger partial charge < -0.3 is 15.2 Å². The van der Waals surface area contributed by atoms with Crippen LogP contribution in [0.5, 0.6) is 5.88 Å². The number of aromatic nitrogens is 3. The van der Waals surface area contributed by atoms with E-state index in [0.717, 1.165) is 58.7 Å². The molecule has 1 amide bonds. The van der Waals surface area contributed by atoms with E-state index in [1.165, 1.54) is 0 Å². The summed E-state index contributed by atoms with van der Waals surface area (Å²) in [7, 11) is 1.61. The van der Waals surface area contributed by atoms with Gasteiger partial charge in [0.2, 0.25) is 5.88 Å². The fourth-order valence-corrected chi connectivity index (χ4v) is 7.29. The van der Waals surface area contributed by atoms with E-state index in [1.807, 2.05) is 22.9 Å². The Morgan fingerprint density at radius 1 is 1.02 bits per heavy atom. The molecule has 2 fully saturated rings. The molecule has 2 aliphatic carbocycles. The third-order valence-electron chi connectivity index (χ3n) is 9.09. The average molecular weight is 595 g/mol. The molecular formula is C34H31ClN4O4. The maximum Gasteiger partial charge on any atom is 0.303 e. The second kappa shape index (κ2) is 10.7. The van der Waals surface area contributed by atoms with Gasteiger partial charge in [0.1, 0.15) is 0 Å². The monoisotopic (exact) mass is 594 g/mol. The second-order valence-electron chi connectivity index (χ2n) is 12.1. The van der Waals surface area contributed by atoms with E-state index in [2.05, 4.69) is 51.8 Å². The van der Waals surface area contributed by atoms with Crippen molar-refractivity contribution in [1.29, 1.82) is 0 Å². The van der Waals surface area contributed by atoms with Gasteiger partial charge in [-0.2, -0.15) is 5.10 Å². The molecule has 0 aliphatic heterocycles. The van der Waals surface area contributed by atoms with Crippen LogP contribution in [0.2, 0.25) is 5.02 Å². The zero-order valence-corrected chi connectivity index (χ0v) is 24.5. The van der Waals surface area contributed by atoms with Crippen LogP contribution in [0.25, 0.3) is 32.9 Å². The minimum atomic E-state index is -0.729. The van der Waals surface area contributed by atoms with Crippen LogP contribution in [-0.2, 0) is 11.3 Å². The number of carbonyl (C=O) groups is 2. The van der Waals surface area contributed by atoms with Crippen LogP contribution in [0.1, 0.15) is 48.0 Å². The summed E-state index contributed by atoms with van der Waals surface area (Å²) in [4.78, 5) is 28.9. The molecule has 9 heteroatoms. The molecule has 0 unspecified atom stereocenters. The Morgan fingerprint density at radius 2 is 1.79 bits per heavy atom. The average Bonchev–Trinajstić information content (AvgIpc) is 3.39. The summed E-state index contributed by atoms with van der Waals surface area (Å²) in [5.74, 6) is -0.00508. The standard InChI is InChI=1S/C34H31ClN4O4/c1-43-30-11-7-24-13-23(6-10-29(24)38-30)22-4-2-20(3-5-22)19-39-32-26(8-9-28(35)27(32)18-36-39)33(42)37-25-16-34(17-25)14-21(15-34)12-31(40)41/h2-11,13,18,21,25H,12,14-17,19H2,1H3,(H,37,42)(H,40,41). The number of aliphatic carboxylic acids is 1. The van der Waals surface area contributed by atoms with E-state index in [1.54, 1.807) is 25.4 Å². The number of fused-ring (bicyclic) bond motifs is 2. The Kier molecular flexibility index (Phi) is 6.81. The quantitative estimate of drug-likeness (QED) is 0.206. The first-order valence-electron chi connectivity index (χ1n) is 14.5. The van der Waals surface area contributed by atoms with E-state index in [-0.39, 0.29) is 29.7 Å². The van der Waals surface area contributed by atoms with Crippen molar-refractivity contribution in [3.63, 3.8) is 0 Å². The van der Waals surface area contributed by atoms with Crippen LogP contribution in [0, 0.1) is 11.3 Å². The number of nitrogens with zero attached hydrogens (tertiary/aromatic N) is 3. The Morgan fingerprint density at radius 3 is 2.53 bits per heavy atom. The van der Waals surface area contributed by atoms with E-state index in [9.17, 15) is 9.59 Å². The number of hydrogen-bond acceptors (Lipinski definition) is 5. The smallest absolute Gasteiger partial charge is 0.303 e. The van der Waals surface area contributed by atoms with Crippen LogP contribution in [0.3, 0.4) is 0 Å². The molecule has 2 N–H and O–H groups in total. The lowest BCUT2D eigenvalue weighted by Gasteiger charge is -2.57. The molecule has 5 aromatic rings. The highest BCUT2D eigenvalue weighted by Gasteiger charge is 2.53. The van der Waals surface area contributed by atoms with Crippen LogP contribution < -0.4 is 10.1 Å². The van der Waals surface area contributed by atoms with Gasteiger partial charge in [-0.1, -0.05) is 41.9 Å². The number of pyridine rings is 1. The number of benzene rings is 3. The molecule has 0 saturated heterocycles. The molecular weight excluding hydrogens is 564 g/mol.